The predicted octanol–water partition coefficient (Wildman–Crippen LogP) is 3.71. The third-order valence-electron chi connectivity index (χ3n) is 4.58. The number of rotatable bonds is 6. The van der Waals surface area contributed by atoms with E-state index in [1.54, 1.807) is 48.4 Å². The Bertz CT molecular complexity index is 949. The van der Waals surface area contributed by atoms with Crippen LogP contribution in [0.25, 0.3) is 0 Å². The van der Waals surface area contributed by atoms with E-state index in [0.29, 0.717) is 17.0 Å². The normalized spacial score (nSPS) is 18.4. The minimum atomic E-state index is -2.01. The van der Waals surface area contributed by atoms with E-state index in [2.05, 4.69) is 0 Å². The standard InChI is InChI=1S/C22H25NO6Si/c1-14(24)28-20-19(15-8-12-18(27-2)13-9-15)23(21(20)25)17-10-6-16(7-11-17)22(26)29-30(3,4)5/h6-13,19-20H,1-5H3/t19-,20-/m0/s1. The Morgan fingerprint density at radius 3 is 2.07 bits per heavy atom. The molecule has 1 fully saturated rings. The summed E-state index contributed by atoms with van der Waals surface area (Å²) in [5, 5.41) is 0. The number of hydrogen-bond acceptors (Lipinski definition) is 6. The van der Waals surface area contributed by atoms with Gasteiger partial charge in [-0.2, -0.15) is 0 Å². The average Bonchev–Trinajstić information content (AvgIpc) is 2.69. The molecule has 30 heavy (non-hydrogen) atoms. The highest BCUT2D eigenvalue weighted by atomic mass is 28.4. The molecule has 1 aliphatic heterocycles. The van der Waals surface area contributed by atoms with Crippen molar-refractivity contribution in [2.24, 2.45) is 0 Å². The van der Waals surface area contributed by atoms with Crippen LogP contribution in [0.1, 0.15) is 28.9 Å². The molecule has 0 N–H and O–H groups in total. The first kappa shape index (κ1) is 21.6. The molecule has 1 aliphatic rings. The Hall–Kier alpha value is -3.13. The van der Waals surface area contributed by atoms with Crippen LogP contribution in [-0.4, -0.2) is 39.4 Å². The predicted molar refractivity (Wildman–Crippen MR) is 114 cm³/mol. The summed E-state index contributed by atoms with van der Waals surface area (Å²) in [4.78, 5) is 38.1. The van der Waals surface area contributed by atoms with Crippen molar-refractivity contribution in [3.05, 3.63) is 59.7 Å². The van der Waals surface area contributed by atoms with Gasteiger partial charge in [-0.3, -0.25) is 14.5 Å². The molecule has 0 aliphatic carbocycles. The minimum absolute atomic E-state index is 0.316. The van der Waals surface area contributed by atoms with Crippen LogP contribution < -0.4 is 9.64 Å². The van der Waals surface area contributed by atoms with Crippen LogP contribution in [0.15, 0.2) is 48.5 Å². The lowest BCUT2D eigenvalue weighted by Gasteiger charge is -2.46. The number of amides is 1. The van der Waals surface area contributed by atoms with Gasteiger partial charge in [-0.25, -0.2) is 4.79 Å². The summed E-state index contributed by atoms with van der Waals surface area (Å²) in [6.07, 6.45) is -0.896. The molecule has 2 aromatic rings. The Labute approximate surface area is 176 Å². The van der Waals surface area contributed by atoms with E-state index >= 15 is 0 Å². The molecule has 1 amide bonds. The van der Waals surface area contributed by atoms with Crippen LogP contribution in [0, 0.1) is 0 Å². The fourth-order valence-corrected chi connectivity index (χ4v) is 3.94. The third kappa shape index (κ3) is 4.54. The molecule has 0 aromatic heterocycles. The van der Waals surface area contributed by atoms with Gasteiger partial charge in [0.05, 0.1) is 12.7 Å². The zero-order valence-corrected chi connectivity index (χ0v) is 18.7. The molecule has 1 heterocycles. The first-order valence-corrected chi connectivity index (χ1v) is 13.0. The summed E-state index contributed by atoms with van der Waals surface area (Å²) >= 11 is 0. The van der Waals surface area contributed by atoms with E-state index in [9.17, 15) is 14.4 Å². The van der Waals surface area contributed by atoms with Crippen LogP contribution in [-0.2, 0) is 18.8 Å². The number of carbonyl (C=O) groups is 3. The van der Waals surface area contributed by atoms with Crippen molar-refractivity contribution >= 4 is 31.9 Å². The summed E-state index contributed by atoms with van der Waals surface area (Å²) < 4.78 is 16.0. The fraction of sp³-hybridized carbons (Fsp3) is 0.318. The molecule has 0 unspecified atom stereocenters. The quantitative estimate of drug-likeness (QED) is 0.397. The molecule has 0 radical (unpaired) electrons. The van der Waals surface area contributed by atoms with Crippen molar-refractivity contribution in [2.75, 3.05) is 12.0 Å². The van der Waals surface area contributed by atoms with E-state index < -0.39 is 26.4 Å². The molecule has 2 aromatic carbocycles. The first-order valence-electron chi connectivity index (χ1n) is 9.58. The number of anilines is 1. The largest absolute Gasteiger partial charge is 0.516 e. The van der Waals surface area contributed by atoms with Crippen LogP contribution >= 0.6 is 0 Å². The highest BCUT2D eigenvalue weighted by Gasteiger charge is 2.51. The van der Waals surface area contributed by atoms with Gasteiger partial charge in [-0.1, -0.05) is 12.1 Å². The molecule has 8 heteroatoms. The summed E-state index contributed by atoms with van der Waals surface area (Å²) in [7, 11) is -0.432. The maximum Gasteiger partial charge on any atom is 0.324 e. The molecule has 0 spiro atoms. The van der Waals surface area contributed by atoms with E-state index in [4.69, 9.17) is 13.9 Å². The van der Waals surface area contributed by atoms with Crippen molar-refractivity contribution in [2.45, 2.75) is 38.7 Å². The molecule has 158 valence electrons. The van der Waals surface area contributed by atoms with Crippen molar-refractivity contribution in [3.8, 4) is 5.75 Å². The Morgan fingerprint density at radius 1 is 0.967 bits per heavy atom. The van der Waals surface area contributed by atoms with Crippen LogP contribution in [0.4, 0.5) is 5.69 Å². The monoisotopic (exact) mass is 427 g/mol. The number of carbonyl (C=O) groups excluding carboxylic acids is 3. The molecule has 0 bridgehead atoms. The van der Waals surface area contributed by atoms with Crippen molar-refractivity contribution in [3.63, 3.8) is 0 Å². The van der Waals surface area contributed by atoms with Crippen molar-refractivity contribution in [1.29, 1.82) is 0 Å². The molecule has 1 saturated heterocycles. The maximum absolute atomic E-state index is 12.7. The second-order valence-electron chi connectivity index (χ2n) is 8.01. The van der Waals surface area contributed by atoms with E-state index in [-0.39, 0.29) is 11.9 Å². The van der Waals surface area contributed by atoms with Gasteiger partial charge in [0.2, 0.25) is 14.4 Å². The van der Waals surface area contributed by atoms with Gasteiger partial charge in [0, 0.05) is 12.6 Å². The molecule has 3 rings (SSSR count). The SMILES string of the molecule is COc1ccc([C@H]2[C@H](OC(C)=O)C(=O)N2c2ccc(C(=O)O[Si](C)(C)C)cc2)cc1. The zero-order chi connectivity index (χ0) is 22.1. The number of nitrogens with zero attached hydrogens (tertiary/aromatic N) is 1. The van der Waals surface area contributed by atoms with Gasteiger partial charge in [-0.05, 0) is 61.6 Å². The van der Waals surface area contributed by atoms with Gasteiger partial charge in [0.1, 0.15) is 11.8 Å². The number of hydrogen-bond donors (Lipinski definition) is 0. The maximum atomic E-state index is 12.7. The topological polar surface area (TPSA) is 82.1 Å². The van der Waals surface area contributed by atoms with Gasteiger partial charge in [0.15, 0.2) is 0 Å². The second kappa shape index (κ2) is 8.31. The van der Waals surface area contributed by atoms with Crippen molar-refractivity contribution in [1.82, 2.24) is 0 Å². The third-order valence-corrected chi connectivity index (χ3v) is 5.37. The number of ether oxygens (including phenoxy) is 2. The fourth-order valence-electron chi connectivity index (χ4n) is 3.26. The van der Waals surface area contributed by atoms with Gasteiger partial charge in [-0.15, -0.1) is 0 Å². The highest BCUT2D eigenvalue weighted by molar-refractivity contribution is 6.71. The summed E-state index contributed by atoms with van der Waals surface area (Å²) in [6.45, 7) is 7.09. The molecular weight excluding hydrogens is 402 g/mol. The number of benzene rings is 2. The average molecular weight is 428 g/mol. The van der Waals surface area contributed by atoms with Gasteiger partial charge < -0.3 is 13.9 Å². The lowest BCUT2D eigenvalue weighted by molar-refractivity contribution is -0.160. The lowest BCUT2D eigenvalue weighted by Crippen LogP contribution is -2.60. The summed E-state index contributed by atoms with van der Waals surface area (Å²) in [6, 6.07) is 13.4. The molecule has 0 saturated carbocycles. The number of methoxy groups -OCH3 is 1. The molecule has 7 nitrogen and oxygen atoms in total. The van der Waals surface area contributed by atoms with E-state index in [0.717, 1.165) is 5.56 Å². The van der Waals surface area contributed by atoms with Crippen LogP contribution in [0.3, 0.4) is 0 Å². The van der Waals surface area contributed by atoms with Gasteiger partial charge in [0.25, 0.3) is 5.91 Å². The lowest BCUT2D eigenvalue weighted by atomic mass is 9.89. The number of esters is 1. The van der Waals surface area contributed by atoms with Crippen molar-refractivity contribution < 1.29 is 28.3 Å². The number of β-lactam (4-membered cyclic amide) rings is 1. The Morgan fingerprint density at radius 2 is 1.57 bits per heavy atom. The summed E-state index contributed by atoms with van der Waals surface area (Å²) in [5.41, 5.74) is 1.84. The van der Waals surface area contributed by atoms with E-state index in [1.165, 1.54) is 6.92 Å². The molecular formula is C22H25NO6Si. The highest BCUT2D eigenvalue weighted by Crippen LogP contribution is 2.41. The van der Waals surface area contributed by atoms with Crippen LogP contribution in [0.5, 0.6) is 5.75 Å². The smallest absolute Gasteiger partial charge is 0.324 e. The first-order chi connectivity index (χ1) is 14.1. The Balaban J connectivity index is 1.87. The zero-order valence-electron chi connectivity index (χ0n) is 17.7. The Kier molecular flexibility index (Phi) is 5.98. The minimum Gasteiger partial charge on any atom is -0.516 e. The van der Waals surface area contributed by atoms with Crippen LogP contribution in [0.2, 0.25) is 19.6 Å². The summed E-state index contributed by atoms with van der Waals surface area (Å²) in [5.74, 6) is -0.523. The second-order valence-corrected chi connectivity index (χ2v) is 12.4. The van der Waals surface area contributed by atoms with E-state index in [1.807, 2.05) is 31.8 Å². The molecule has 2 atom stereocenters. The van der Waals surface area contributed by atoms with Gasteiger partial charge >= 0.3 is 11.9 Å².